The molecule has 1 unspecified atom stereocenters. The van der Waals surface area contributed by atoms with Gasteiger partial charge in [-0.2, -0.15) is 5.10 Å². The molecule has 2 rings (SSSR count). The summed E-state index contributed by atoms with van der Waals surface area (Å²) in [5.74, 6) is 1.06. The average molecular weight is 240 g/mol. The number of methoxy groups -OCH3 is 1. The number of aromatic nitrogens is 2. The van der Waals surface area contributed by atoms with Gasteiger partial charge >= 0.3 is 0 Å². The molecule has 0 aliphatic carbocycles. The van der Waals surface area contributed by atoms with Gasteiger partial charge in [0, 0.05) is 19.1 Å². The summed E-state index contributed by atoms with van der Waals surface area (Å²) >= 11 is 1.75. The summed E-state index contributed by atoms with van der Waals surface area (Å²) in [6.07, 6.45) is 3.77. The Hall–Kier alpha value is -1.01. The monoisotopic (exact) mass is 240 g/mol. The van der Waals surface area contributed by atoms with E-state index in [1.807, 2.05) is 17.1 Å². The van der Waals surface area contributed by atoms with Crippen molar-refractivity contribution in [1.82, 2.24) is 9.78 Å². The smallest absolute Gasteiger partial charge is 0.161 e. The van der Waals surface area contributed by atoms with Gasteiger partial charge in [-0.05, 0) is 6.92 Å². The Morgan fingerprint density at radius 1 is 1.69 bits per heavy atom. The van der Waals surface area contributed by atoms with E-state index in [2.05, 4.69) is 22.3 Å². The Balaban J connectivity index is 1.90. The molecule has 16 heavy (non-hydrogen) atoms. The van der Waals surface area contributed by atoms with Crippen molar-refractivity contribution in [2.45, 2.75) is 19.5 Å². The molecular formula is C10H16N4OS. The number of rotatable bonds is 4. The van der Waals surface area contributed by atoms with E-state index in [4.69, 9.17) is 4.74 Å². The van der Waals surface area contributed by atoms with Crippen molar-refractivity contribution in [1.29, 1.82) is 0 Å². The summed E-state index contributed by atoms with van der Waals surface area (Å²) in [4.78, 5) is 4.46. The molecule has 1 N–H and O–H groups in total. The number of hydrogen-bond acceptors (Lipinski definition) is 5. The Morgan fingerprint density at radius 2 is 2.56 bits per heavy atom. The van der Waals surface area contributed by atoms with Gasteiger partial charge in [-0.3, -0.25) is 9.67 Å². The summed E-state index contributed by atoms with van der Waals surface area (Å²) in [6.45, 7) is 3.56. The van der Waals surface area contributed by atoms with Gasteiger partial charge in [0.05, 0.1) is 31.1 Å². The van der Waals surface area contributed by atoms with Crippen LogP contribution in [0.25, 0.3) is 0 Å². The standard InChI is InChI=1S/C10H16N4OS/c1-8-7-16-10(12-8)13-9-5-11-14(6-9)3-4-15-2/h5-6,8H,3-4,7H2,1-2H3,(H,12,13). The maximum absolute atomic E-state index is 4.99. The second-order valence-electron chi connectivity index (χ2n) is 3.70. The third-order valence-electron chi connectivity index (χ3n) is 2.21. The van der Waals surface area contributed by atoms with E-state index in [-0.39, 0.29) is 0 Å². The van der Waals surface area contributed by atoms with Crippen LogP contribution in [0.3, 0.4) is 0 Å². The summed E-state index contributed by atoms with van der Waals surface area (Å²) in [6, 6.07) is 0.413. The lowest BCUT2D eigenvalue weighted by atomic mass is 10.4. The van der Waals surface area contributed by atoms with Gasteiger partial charge in [0.25, 0.3) is 0 Å². The summed E-state index contributed by atoms with van der Waals surface area (Å²) in [5.41, 5.74) is 0.983. The molecule has 0 bridgehead atoms. The molecule has 0 amide bonds. The van der Waals surface area contributed by atoms with Gasteiger partial charge in [0.2, 0.25) is 0 Å². The number of nitrogens with one attached hydrogen (secondary N) is 1. The molecule has 1 atom stereocenters. The van der Waals surface area contributed by atoms with Crippen LogP contribution < -0.4 is 5.32 Å². The lowest BCUT2D eigenvalue weighted by molar-refractivity contribution is 0.183. The van der Waals surface area contributed by atoms with E-state index in [9.17, 15) is 0 Å². The second-order valence-corrected chi connectivity index (χ2v) is 4.71. The maximum atomic E-state index is 4.99. The molecule has 1 aromatic rings. The van der Waals surface area contributed by atoms with Gasteiger partial charge in [0.1, 0.15) is 0 Å². The van der Waals surface area contributed by atoms with Gasteiger partial charge in [-0.25, -0.2) is 0 Å². The molecule has 0 aromatic carbocycles. The fraction of sp³-hybridized carbons (Fsp3) is 0.600. The van der Waals surface area contributed by atoms with Crippen LogP contribution in [0.2, 0.25) is 0 Å². The van der Waals surface area contributed by atoms with Crippen LogP contribution >= 0.6 is 11.8 Å². The number of nitrogens with zero attached hydrogens (tertiary/aromatic N) is 3. The van der Waals surface area contributed by atoms with Crippen molar-refractivity contribution in [3.8, 4) is 0 Å². The van der Waals surface area contributed by atoms with Crippen LogP contribution in [-0.2, 0) is 11.3 Å². The molecule has 0 radical (unpaired) electrons. The molecule has 1 aromatic heterocycles. The quantitative estimate of drug-likeness (QED) is 0.865. The predicted octanol–water partition coefficient (Wildman–Crippen LogP) is 1.43. The van der Waals surface area contributed by atoms with E-state index < -0.39 is 0 Å². The third-order valence-corrected chi connectivity index (χ3v) is 3.34. The average Bonchev–Trinajstić information content (AvgIpc) is 2.86. The normalized spacial score (nSPS) is 19.9. The molecule has 0 saturated heterocycles. The maximum Gasteiger partial charge on any atom is 0.161 e. The van der Waals surface area contributed by atoms with Gasteiger partial charge < -0.3 is 10.1 Å². The van der Waals surface area contributed by atoms with Crippen molar-refractivity contribution >= 4 is 22.6 Å². The zero-order valence-corrected chi connectivity index (χ0v) is 10.3. The van der Waals surface area contributed by atoms with Crippen molar-refractivity contribution in [3.63, 3.8) is 0 Å². The molecule has 0 fully saturated rings. The highest BCUT2D eigenvalue weighted by Crippen LogP contribution is 2.19. The lowest BCUT2D eigenvalue weighted by Crippen LogP contribution is -2.05. The summed E-state index contributed by atoms with van der Waals surface area (Å²) in [7, 11) is 1.69. The third kappa shape index (κ3) is 2.99. The molecule has 1 aliphatic heterocycles. The fourth-order valence-electron chi connectivity index (χ4n) is 1.40. The van der Waals surface area contributed by atoms with Gasteiger partial charge in [0.15, 0.2) is 5.17 Å². The zero-order valence-electron chi connectivity index (χ0n) is 9.51. The number of hydrogen-bond donors (Lipinski definition) is 1. The largest absolute Gasteiger partial charge is 0.383 e. The minimum atomic E-state index is 0.413. The minimum Gasteiger partial charge on any atom is -0.383 e. The Kier molecular flexibility index (Phi) is 3.84. The highest BCUT2D eigenvalue weighted by Gasteiger charge is 2.14. The number of thioether (sulfide) groups is 1. The first-order valence-corrected chi connectivity index (χ1v) is 6.25. The van der Waals surface area contributed by atoms with Crippen LogP contribution in [0.1, 0.15) is 6.92 Å². The molecule has 0 saturated carbocycles. The molecule has 6 heteroatoms. The van der Waals surface area contributed by atoms with E-state index in [0.29, 0.717) is 12.6 Å². The Bertz CT molecular complexity index is 377. The molecule has 0 spiro atoms. The zero-order chi connectivity index (χ0) is 11.4. The molecule has 88 valence electrons. The predicted molar refractivity (Wildman–Crippen MR) is 67.1 cm³/mol. The van der Waals surface area contributed by atoms with Crippen molar-refractivity contribution in [2.75, 3.05) is 24.8 Å². The molecule has 2 heterocycles. The van der Waals surface area contributed by atoms with Crippen LogP contribution in [0.4, 0.5) is 5.69 Å². The lowest BCUT2D eigenvalue weighted by Gasteiger charge is -2.00. The first-order valence-electron chi connectivity index (χ1n) is 5.27. The Morgan fingerprint density at radius 3 is 3.25 bits per heavy atom. The first kappa shape index (κ1) is 11.5. The topological polar surface area (TPSA) is 51.4 Å². The van der Waals surface area contributed by atoms with E-state index >= 15 is 0 Å². The van der Waals surface area contributed by atoms with Crippen molar-refractivity contribution < 1.29 is 4.74 Å². The van der Waals surface area contributed by atoms with Crippen molar-refractivity contribution in [3.05, 3.63) is 12.4 Å². The molecule has 5 nitrogen and oxygen atoms in total. The van der Waals surface area contributed by atoms with E-state index in [0.717, 1.165) is 23.2 Å². The second kappa shape index (κ2) is 5.36. The van der Waals surface area contributed by atoms with Crippen molar-refractivity contribution in [2.24, 2.45) is 4.99 Å². The highest BCUT2D eigenvalue weighted by molar-refractivity contribution is 8.14. The van der Waals surface area contributed by atoms with Crippen LogP contribution in [0.15, 0.2) is 17.4 Å². The first-order chi connectivity index (χ1) is 7.78. The Labute approximate surface area is 99.3 Å². The minimum absolute atomic E-state index is 0.413. The van der Waals surface area contributed by atoms with Crippen LogP contribution in [-0.4, -0.2) is 40.5 Å². The summed E-state index contributed by atoms with van der Waals surface area (Å²) in [5, 5.41) is 8.47. The molecule has 1 aliphatic rings. The number of anilines is 1. The summed E-state index contributed by atoms with van der Waals surface area (Å²) < 4.78 is 6.85. The number of aliphatic imine (C=N–C) groups is 1. The fourth-order valence-corrected chi connectivity index (χ4v) is 2.32. The number of amidine groups is 1. The van der Waals surface area contributed by atoms with E-state index in [1.54, 1.807) is 18.9 Å². The SMILES string of the molecule is COCCn1cc(NC2=NC(C)CS2)cn1. The van der Waals surface area contributed by atoms with Crippen LogP contribution in [0, 0.1) is 0 Å². The van der Waals surface area contributed by atoms with Gasteiger partial charge in [-0.15, -0.1) is 0 Å². The highest BCUT2D eigenvalue weighted by atomic mass is 32.2. The van der Waals surface area contributed by atoms with Crippen LogP contribution in [0.5, 0.6) is 0 Å². The molecular weight excluding hydrogens is 224 g/mol. The van der Waals surface area contributed by atoms with E-state index in [1.165, 1.54) is 0 Å². The van der Waals surface area contributed by atoms with Gasteiger partial charge in [-0.1, -0.05) is 11.8 Å². The number of ether oxygens (including phenoxy) is 1.